The Morgan fingerprint density at radius 3 is 2.53 bits per heavy atom. The van der Waals surface area contributed by atoms with Crippen LogP contribution in [0, 0.1) is 0 Å². The van der Waals surface area contributed by atoms with Crippen LogP contribution < -0.4 is 5.32 Å². The molecule has 1 aliphatic heterocycles. The summed E-state index contributed by atoms with van der Waals surface area (Å²) in [7, 11) is 1.89. The lowest BCUT2D eigenvalue weighted by Crippen LogP contribution is -2.45. The molecule has 0 aliphatic carbocycles. The maximum Gasteiger partial charge on any atom is 0.389 e. The molecule has 0 aromatic carbocycles. The Morgan fingerprint density at radius 1 is 1.32 bits per heavy atom. The fourth-order valence-electron chi connectivity index (χ4n) is 2.63. The van der Waals surface area contributed by atoms with Crippen LogP contribution in [-0.2, 0) is 7.05 Å². The summed E-state index contributed by atoms with van der Waals surface area (Å²) in [5.41, 5.74) is 0.964. The standard InChI is InChI=1S/C13H20F3N3/c1-18-8-2-3-11(18)12(4-5-13(14,15)16)19-9-6-17-7-10-19/h2-3,8,12,17H,4-7,9-10H2,1H3/t12-/m1/s1. The number of aryl methyl sites for hydroxylation is 1. The van der Waals surface area contributed by atoms with E-state index in [-0.39, 0.29) is 12.5 Å². The molecule has 0 amide bonds. The van der Waals surface area contributed by atoms with Gasteiger partial charge >= 0.3 is 6.18 Å². The van der Waals surface area contributed by atoms with Crippen LogP contribution in [0.1, 0.15) is 24.6 Å². The van der Waals surface area contributed by atoms with Gasteiger partial charge in [0.15, 0.2) is 0 Å². The fraction of sp³-hybridized carbons (Fsp3) is 0.692. The van der Waals surface area contributed by atoms with E-state index >= 15 is 0 Å². The van der Waals surface area contributed by atoms with Gasteiger partial charge in [0.2, 0.25) is 0 Å². The molecular formula is C13H20F3N3. The van der Waals surface area contributed by atoms with Crippen LogP contribution in [0.25, 0.3) is 0 Å². The minimum Gasteiger partial charge on any atom is -0.353 e. The molecule has 108 valence electrons. The van der Waals surface area contributed by atoms with Gasteiger partial charge in [0.05, 0.1) is 6.04 Å². The smallest absolute Gasteiger partial charge is 0.353 e. The van der Waals surface area contributed by atoms with Crippen molar-refractivity contribution in [1.82, 2.24) is 14.8 Å². The van der Waals surface area contributed by atoms with Crippen molar-refractivity contribution >= 4 is 0 Å². The zero-order chi connectivity index (χ0) is 13.9. The van der Waals surface area contributed by atoms with Gasteiger partial charge in [-0.3, -0.25) is 4.90 Å². The zero-order valence-corrected chi connectivity index (χ0v) is 11.1. The van der Waals surface area contributed by atoms with Crippen LogP contribution >= 0.6 is 0 Å². The molecule has 0 unspecified atom stereocenters. The lowest BCUT2D eigenvalue weighted by molar-refractivity contribution is -0.138. The van der Waals surface area contributed by atoms with Crippen LogP contribution in [0.15, 0.2) is 18.3 Å². The summed E-state index contributed by atoms with van der Waals surface area (Å²) < 4.78 is 39.4. The zero-order valence-electron chi connectivity index (χ0n) is 11.1. The van der Waals surface area contributed by atoms with E-state index in [4.69, 9.17) is 0 Å². The van der Waals surface area contributed by atoms with Crippen LogP contribution in [0.5, 0.6) is 0 Å². The monoisotopic (exact) mass is 275 g/mol. The van der Waals surface area contributed by atoms with Crippen molar-refractivity contribution in [3.63, 3.8) is 0 Å². The number of rotatable bonds is 4. The molecule has 1 N–H and O–H groups in total. The molecule has 0 saturated carbocycles. The Kier molecular flexibility index (Phi) is 4.52. The Balaban J connectivity index is 2.10. The van der Waals surface area contributed by atoms with Gasteiger partial charge in [-0.25, -0.2) is 0 Å². The van der Waals surface area contributed by atoms with E-state index in [2.05, 4.69) is 10.2 Å². The van der Waals surface area contributed by atoms with Crippen LogP contribution in [-0.4, -0.2) is 41.8 Å². The molecule has 19 heavy (non-hydrogen) atoms. The summed E-state index contributed by atoms with van der Waals surface area (Å²) in [5, 5.41) is 3.23. The van der Waals surface area contributed by atoms with E-state index in [1.807, 2.05) is 29.9 Å². The first kappa shape index (κ1) is 14.4. The van der Waals surface area contributed by atoms with Crippen molar-refractivity contribution in [3.05, 3.63) is 24.0 Å². The van der Waals surface area contributed by atoms with Gasteiger partial charge in [0.1, 0.15) is 0 Å². The van der Waals surface area contributed by atoms with Gasteiger partial charge in [-0.1, -0.05) is 0 Å². The first-order valence-corrected chi connectivity index (χ1v) is 6.60. The Bertz CT molecular complexity index is 394. The molecule has 0 bridgehead atoms. The van der Waals surface area contributed by atoms with E-state index < -0.39 is 12.6 Å². The van der Waals surface area contributed by atoms with E-state index in [0.29, 0.717) is 0 Å². The maximum atomic E-state index is 12.5. The molecule has 3 nitrogen and oxygen atoms in total. The van der Waals surface area contributed by atoms with Crippen molar-refractivity contribution in [2.75, 3.05) is 26.2 Å². The van der Waals surface area contributed by atoms with E-state index in [1.165, 1.54) is 0 Å². The molecule has 1 saturated heterocycles. The van der Waals surface area contributed by atoms with E-state index in [9.17, 15) is 13.2 Å². The Labute approximate surface area is 111 Å². The normalized spacial score (nSPS) is 19.6. The summed E-state index contributed by atoms with van der Waals surface area (Å²) >= 11 is 0. The molecule has 6 heteroatoms. The third-order valence-corrected chi connectivity index (χ3v) is 3.62. The highest BCUT2D eigenvalue weighted by atomic mass is 19.4. The molecular weight excluding hydrogens is 255 g/mol. The minimum absolute atomic E-state index is 0.126. The quantitative estimate of drug-likeness (QED) is 0.910. The lowest BCUT2D eigenvalue weighted by Gasteiger charge is -2.35. The van der Waals surface area contributed by atoms with Crippen molar-refractivity contribution in [3.8, 4) is 0 Å². The maximum absolute atomic E-state index is 12.5. The van der Waals surface area contributed by atoms with Crippen LogP contribution in [0.4, 0.5) is 13.2 Å². The van der Waals surface area contributed by atoms with Crippen LogP contribution in [0.3, 0.4) is 0 Å². The van der Waals surface area contributed by atoms with Gasteiger partial charge in [-0.05, 0) is 18.6 Å². The number of piperazine rings is 1. The van der Waals surface area contributed by atoms with Gasteiger partial charge in [-0.15, -0.1) is 0 Å². The number of nitrogens with one attached hydrogen (secondary N) is 1. The molecule has 0 spiro atoms. The summed E-state index contributed by atoms with van der Waals surface area (Å²) in [4.78, 5) is 2.15. The molecule has 1 aromatic rings. The second-order valence-electron chi connectivity index (χ2n) is 5.00. The van der Waals surface area contributed by atoms with Crippen molar-refractivity contribution in [1.29, 1.82) is 0 Å². The lowest BCUT2D eigenvalue weighted by atomic mass is 10.0. The van der Waals surface area contributed by atoms with Gasteiger partial charge < -0.3 is 9.88 Å². The fourth-order valence-corrected chi connectivity index (χ4v) is 2.63. The number of hydrogen-bond donors (Lipinski definition) is 1. The third kappa shape index (κ3) is 3.98. The molecule has 1 aliphatic rings. The van der Waals surface area contributed by atoms with Gasteiger partial charge in [-0.2, -0.15) is 13.2 Å². The Hall–Kier alpha value is -1.01. The number of aromatic nitrogens is 1. The van der Waals surface area contributed by atoms with E-state index in [1.54, 1.807) is 0 Å². The molecule has 1 fully saturated rings. The first-order valence-electron chi connectivity index (χ1n) is 6.60. The van der Waals surface area contributed by atoms with Crippen molar-refractivity contribution in [2.45, 2.75) is 25.1 Å². The average molecular weight is 275 g/mol. The molecule has 2 heterocycles. The second kappa shape index (κ2) is 5.96. The van der Waals surface area contributed by atoms with E-state index in [0.717, 1.165) is 31.9 Å². The highest BCUT2D eigenvalue weighted by Crippen LogP contribution is 2.31. The highest BCUT2D eigenvalue weighted by molar-refractivity contribution is 5.12. The topological polar surface area (TPSA) is 20.2 Å². The van der Waals surface area contributed by atoms with Gasteiger partial charge in [0.25, 0.3) is 0 Å². The summed E-state index contributed by atoms with van der Waals surface area (Å²) in [5.74, 6) is 0. The summed E-state index contributed by atoms with van der Waals surface area (Å²) in [6.07, 6.45) is -2.80. The highest BCUT2D eigenvalue weighted by Gasteiger charge is 2.31. The third-order valence-electron chi connectivity index (χ3n) is 3.62. The molecule has 0 radical (unpaired) electrons. The summed E-state index contributed by atoms with van der Waals surface area (Å²) in [6, 6.07) is 3.66. The van der Waals surface area contributed by atoms with Crippen molar-refractivity contribution < 1.29 is 13.2 Å². The number of halogens is 3. The van der Waals surface area contributed by atoms with Crippen molar-refractivity contribution in [2.24, 2.45) is 7.05 Å². The molecule has 1 atom stereocenters. The number of alkyl halides is 3. The largest absolute Gasteiger partial charge is 0.389 e. The molecule has 1 aromatic heterocycles. The van der Waals surface area contributed by atoms with Gasteiger partial charge in [0, 0.05) is 51.5 Å². The SMILES string of the molecule is Cn1cccc1[C@@H](CCC(F)(F)F)N1CCNCC1. The minimum atomic E-state index is -4.09. The Morgan fingerprint density at radius 2 is 2.00 bits per heavy atom. The number of nitrogens with zero attached hydrogens (tertiary/aromatic N) is 2. The number of hydrogen-bond acceptors (Lipinski definition) is 2. The summed E-state index contributed by atoms with van der Waals surface area (Å²) in [6.45, 7) is 3.28. The predicted octanol–water partition coefficient (Wildman–Crippen LogP) is 2.31. The first-order chi connectivity index (χ1) is 8.97. The molecule has 2 rings (SSSR count). The average Bonchev–Trinajstić information content (AvgIpc) is 2.76. The van der Waals surface area contributed by atoms with Crippen LogP contribution in [0.2, 0.25) is 0 Å². The predicted molar refractivity (Wildman–Crippen MR) is 67.9 cm³/mol. The second-order valence-corrected chi connectivity index (χ2v) is 5.00.